The topological polar surface area (TPSA) is 39.6 Å². The Balaban J connectivity index is 1.98. The summed E-state index contributed by atoms with van der Waals surface area (Å²) in [5.74, 6) is 1.01. The van der Waals surface area contributed by atoms with Crippen molar-refractivity contribution < 1.29 is 5.11 Å². The molecule has 1 N–H and O–H groups in total. The van der Waals surface area contributed by atoms with Gasteiger partial charge in [0.15, 0.2) is 0 Å². The highest BCUT2D eigenvalue weighted by Crippen LogP contribution is 2.20. The Bertz CT molecular complexity index is 400. The number of aliphatic hydroxyl groups is 1. The van der Waals surface area contributed by atoms with E-state index in [4.69, 9.17) is 0 Å². The van der Waals surface area contributed by atoms with Crippen LogP contribution in [-0.4, -0.2) is 46.7 Å². The highest BCUT2D eigenvalue weighted by molar-refractivity contribution is 5.40. The maximum Gasteiger partial charge on any atom is 0.128 e. The summed E-state index contributed by atoms with van der Waals surface area (Å²) in [6.07, 6.45) is 1.33. The van der Waals surface area contributed by atoms with E-state index in [1.54, 1.807) is 13.1 Å². The van der Waals surface area contributed by atoms with Gasteiger partial charge in [0.2, 0.25) is 0 Å². The van der Waals surface area contributed by atoms with Crippen LogP contribution < -0.4 is 4.90 Å². The SMILES string of the molecule is C[C@H](O)c1ccc(N2CCN(C(C)(C)C)CC2)nc1. The minimum atomic E-state index is -0.445. The third kappa shape index (κ3) is 3.45. The summed E-state index contributed by atoms with van der Waals surface area (Å²) in [6, 6.07) is 3.97. The van der Waals surface area contributed by atoms with E-state index in [0.29, 0.717) is 0 Å². The Hall–Kier alpha value is -1.13. The molecule has 1 aromatic heterocycles. The smallest absolute Gasteiger partial charge is 0.128 e. The van der Waals surface area contributed by atoms with Gasteiger partial charge in [-0.3, -0.25) is 4.90 Å². The second kappa shape index (κ2) is 5.47. The normalized spacial score (nSPS) is 19.5. The summed E-state index contributed by atoms with van der Waals surface area (Å²) in [5.41, 5.74) is 1.12. The van der Waals surface area contributed by atoms with Gasteiger partial charge >= 0.3 is 0 Å². The zero-order valence-electron chi connectivity index (χ0n) is 12.4. The van der Waals surface area contributed by atoms with Crippen LogP contribution in [-0.2, 0) is 0 Å². The van der Waals surface area contributed by atoms with Gasteiger partial charge in [0.1, 0.15) is 5.82 Å². The number of rotatable bonds is 2. The quantitative estimate of drug-likeness (QED) is 0.886. The Morgan fingerprint density at radius 1 is 1.16 bits per heavy atom. The first kappa shape index (κ1) is 14.3. The largest absolute Gasteiger partial charge is 0.389 e. The first-order chi connectivity index (χ1) is 8.88. The molecule has 0 saturated carbocycles. The molecule has 0 radical (unpaired) electrons. The van der Waals surface area contributed by atoms with Gasteiger partial charge < -0.3 is 10.0 Å². The van der Waals surface area contributed by atoms with Crippen LogP contribution in [0.25, 0.3) is 0 Å². The van der Waals surface area contributed by atoms with E-state index in [2.05, 4.69) is 35.6 Å². The molecule has 0 bridgehead atoms. The van der Waals surface area contributed by atoms with Gasteiger partial charge in [-0.1, -0.05) is 6.07 Å². The summed E-state index contributed by atoms with van der Waals surface area (Å²) in [4.78, 5) is 9.28. The van der Waals surface area contributed by atoms with Crippen molar-refractivity contribution in [3.05, 3.63) is 23.9 Å². The first-order valence-electron chi connectivity index (χ1n) is 7.02. The predicted octanol–water partition coefficient (Wildman–Crippen LogP) is 2.06. The first-order valence-corrected chi connectivity index (χ1v) is 7.02. The standard InChI is InChI=1S/C15H25N3O/c1-12(19)13-5-6-14(16-11-13)17-7-9-18(10-8-17)15(2,3)4/h5-6,11-12,19H,7-10H2,1-4H3/t12-/m0/s1. The van der Waals surface area contributed by atoms with E-state index < -0.39 is 6.10 Å². The molecule has 1 fully saturated rings. The molecular weight excluding hydrogens is 238 g/mol. The highest BCUT2D eigenvalue weighted by atomic mass is 16.3. The molecule has 0 aliphatic carbocycles. The summed E-state index contributed by atoms with van der Waals surface area (Å²) < 4.78 is 0. The van der Waals surface area contributed by atoms with Gasteiger partial charge in [0, 0.05) is 37.9 Å². The summed E-state index contributed by atoms with van der Waals surface area (Å²) in [7, 11) is 0. The number of hydrogen-bond donors (Lipinski definition) is 1. The average Bonchev–Trinajstić information content (AvgIpc) is 2.38. The summed E-state index contributed by atoms with van der Waals surface area (Å²) in [5, 5.41) is 9.49. The van der Waals surface area contributed by atoms with E-state index in [1.807, 2.05) is 12.1 Å². The molecule has 0 aromatic carbocycles. The van der Waals surface area contributed by atoms with E-state index in [9.17, 15) is 5.11 Å². The maximum absolute atomic E-state index is 9.49. The van der Waals surface area contributed by atoms with Crippen molar-refractivity contribution in [2.45, 2.75) is 39.3 Å². The summed E-state index contributed by atoms with van der Waals surface area (Å²) in [6.45, 7) is 12.7. The van der Waals surface area contributed by atoms with Crippen molar-refractivity contribution in [3.8, 4) is 0 Å². The third-order valence-corrected chi connectivity index (χ3v) is 3.81. The van der Waals surface area contributed by atoms with Gasteiger partial charge in [-0.05, 0) is 39.3 Å². The molecule has 0 amide bonds. The van der Waals surface area contributed by atoms with Gasteiger partial charge in [-0.15, -0.1) is 0 Å². The number of pyridine rings is 1. The lowest BCUT2D eigenvalue weighted by molar-refractivity contribution is 0.128. The number of hydrogen-bond acceptors (Lipinski definition) is 4. The molecule has 19 heavy (non-hydrogen) atoms. The van der Waals surface area contributed by atoms with Crippen LogP contribution in [0.4, 0.5) is 5.82 Å². The molecule has 2 rings (SSSR count). The number of anilines is 1. The van der Waals surface area contributed by atoms with Crippen molar-refractivity contribution in [3.63, 3.8) is 0 Å². The molecule has 1 atom stereocenters. The molecule has 1 aromatic rings. The second-order valence-corrected chi connectivity index (χ2v) is 6.27. The third-order valence-electron chi connectivity index (χ3n) is 3.81. The van der Waals surface area contributed by atoms with Crippen LogP contribution >= 0.6 is 0 Å². The Kier molecular flexibility index (Phi) is 4.11. The van der Waals surface area contributed by atoms with Gasteiger partial charge in [-0.25, -0.2) is 4.98 Å². The highest BCUT2D eigenvalue weighted by Gasteiger charge is 2.26. The second-order valence-electron chi connectivity index (χ2n) is 6.27. The maximum atomic E-state index is 9.49. The molecule has 0 spiro atoms. The van der Waals surface area contributed by atoms with E-state index >= 15 is 0 Å². The van der Waals surface area contributed by atoms with E-state index in [0.717, 1.165) is 37.6 Å². The lowest BCUT2D eigenvalue weighted by atomic mass is 10.0. The minimum Gasteiger partial charge on any atom is -0.389 e. The lowest BCUT2D eigenvalue weighted by Gasteiger charge is -2.42. The fourth-order valence-electron chi connectivity index (χ4n) is 2.44. The molecule has 1 aliphatic rings. The molecule has 1 saturated heterocycles. The molecule has 1 aliphatic heterocycles. The van der Waals surface area contributed by atoms with Crippen LogP contribution in [0, 0.1) is 0 Å². The van der Waals surface area contributed by atoms with Crippen LogP contribution in [0.3, 0.4) is 0 Å². The average molecular weight is 263 g/mol. The van der Waals surface area contributed by atoms with Gasteiger partial charge in [0.05, 0.1) is 6.10 Å². The zero-order valence-corrected chi connectivity index (χ0v) is 12.4. The van der Waals surface area contributed by atoms with Crippen molar-refractivity contribution in [1.82, 2.24) is 9.88 Å². The Morgan fingerprint density at radius 3 is 2.21 bits per heavy atom. The molecule has 4 nitrogen and oxygen atoms in total. The van der Waals surface area contributed by atoms with Gasteiger partial charge in [0.25, 0.3) is 0 Å². The number of aromatic nitrogens is 1. The molecule has 106 valence electrons. The van der Waals surface area contributed by atoms with Gasteiger partial charge in [-0.2, -0.15) is 0 Å². The Morgan fingerprint density at radius 2 is 1.79 bits per heavy atom. The van der Waals surface area contributed by atoms with Crippen molar-refractivity contribution in [2.24, 2.45) is 0 Å². The van der Waals surface area contributed by atoms with Crippen molar-refractivity contribution in [2.75, 3.05) is 31.1 Å². The van der Waals surface area contributed by atoms with Crippen molar-refractivity contribution in [1.29, 1.82) is 0 Å². The molecule has 2 heterocycles. The Labute approximate surface area is 116 Å². The fourth-order valence-corrected chi connectivity index (χ4v) is 2.44. The lowest BCUT2D eigenvalue weighted by Crippen LogP contribution is -2.53. The van der Waals surface area contributed by atoms with Crippen molar-refractivity contribution >= 4 is 5.82 Å². The number of aliphatic hydroxyl groups excluding tert-OH is 1. The van der Waals surface area contributed by atoms with Crippen LogP contribution in [0.15, 0.2) is 18.3 Å². The number of nitrogens with zero attached hydrogens (tertiary/aromatic N) is 3. The molecular formula is C15H25N3O. The minimum absolute atomic E-state index is 0.246. The predicted molar refractivity (Wildman–Crippen MR) is 78.4 cm³/mol. The van der Waals surface area contributed by atoms with Crippen LogP contribution in [0.2, 0.25) is 0 Å². The molecule has 0 unspecified atom stereocenters. The van der Waals surface area contributed by atoms with Crippen LogP contribution in [0.5, 0.6) is 0 Å². The monoisotopic (exact) mass is 263 g/mol. The number of piperazine rings is 1. The molecule has 4 heteroatoms. The fraction of sp³-hybridized carbons (Fsp3) is 0.667. The van der Waals surface area contributed by atoms with E-state index in [-0.39, 0.29) is 5.54 Å². The zero-order chi connectivity index (χ0) is 14.0. The summed E-state index contributed by atoms with van der Waals surface area (Å²) >= 11 is 0. The van der Waals surface area contributed by atoms with E-state index in [1.165, 1.54) is 0 Å². The van der Waals surface area contributed by atoms with Crippen LogP contribution in [0.1, 0.15) is 39.4 Å².